The predicted molar refractivity (Wildman–Crippen MR) is 48.3 cm³/mol. The highest BCUT2D eigenvalue weighted by Crippen LogP contribution is 2.06. The average molecular weight is 178 g/mol. The van der Waals surface area contributed by atoms with E-state index >= 15 is 0 Å². The number of pyridine rings is 1. The van der Waals surface area contributed by atoms with E-state index in [-0.39, 0.29) is 0 Å². The van der Waals surface area contributed by atoms with Crippen LogP contribution in [0.3, 0.4) is 0 Å². The number of carbonyl (C=O) groups is 2. The Hall–Kier alpha value is -1.71. The minimum atomic E-state index is -0.606. The molecule has 0 bridgehead atoms. The number of carbonyl (C=O) groups excluding carboxylic acids is 2. The Bertz CT molecular complexity index is 347. The van der Waals surface area contributed by atoms with Gasteiger partial charge in [0.1, 0.15) is 0 Å². The van der Waals surface area contributed by atoms with Crippen LogP contribution in [0.15, 0.2) is 18.3 Å². The Morgan fingerprint density at radius 3 is 2.69 bits per heavy atom. The van der Waals surface area contributed by atoms with E-state index in [0.717, 1.165) is 5.69 Å². The van der Waals surface area contributed by atoms with Crippen LogP contribution in [-0.4, -0.2) is 16.7 Å². The highest BCUT2D eigenvalue weighted by atomic mass is 16.2. The van der Waals surface area contributed by atoms with E-state index in [4.69, 9.17) is 0 Å². The normalized spacial score (nSPS) is 9.38. The fraction of sp³-hybridized carbons (Fsp3) is 0.222. The van der Waals surface area contributed by atoms with Gasteiger partial charge < -0.3 is 5.32 Å². The summed E-state index contributed by atoms with van der Waals surface area (Å²) < 4.78 is 0. The molecule has 4 nitrogen and oxygen atoms in total. The number of nitrogens with zero attached hydrogens (tertiary/aromatic N) is 1. The Morgan fingerprint density at radius 1 is 1.46 bits per heavy atom. The number of hydrogen-bond donors (Lipinski definition) is 1. The monoisotopic (exact) mass is 178 g/mol. The minimum Gasteiger partial charge on any atom is -0.319 e. The smallest absolute Gasteiger partial charge is 0.291 e. The van der Waals surface area contributed by atoms with Gasteiger partial charge in [0.25, 0.3) is 5.91 Å². The number of aryl methyl sites for hydroxylation is 1. The van der Waals surface area contributed by atoms with Crippen LogP contribution >= 0.6 is 0 Å². The first kappa shape index (κ1) is 9.38. The molecular weight excluding hydrogens is 168 g/mol. The summed E-state index contributed by atoms with van der Waals surface area (Å²) in [7, 11) is 0. The average Bonchev–Trinajstić information content (AvgIpc) is 2.04. The lowest BCUT2D eigenvalue weighted by atomic mass is 10.3. The van der Waals surface area contributed by atoms with Crippen molar-refractivity contribution in [2.24, 2.45) is 0 Å². The molecule has 0 saturated carbocycles. The van der Waals surface area contributed by atoms with Crippen LogP contribution in [0.2, 0.25) is 0 Å². The number of amides is 1. The molecule has 0 radical (unpaired) electrons. The predicted octanol–water partition coefficient (Wildman–Crippen LogP) is 0.918. The summed E-state index contributed by atoms with van der Waals surface area (Å²) >= 11 is 0. The first-order chi connectivity index (χ1) is 6.09. The third kappa shape index (κ3) is 2.66. The summed E-state index contributed by atoms with van der Waals surface area (Å²) in [5.41, 5.74) is 1.38. The van der Waals surface area contributed by atoms with Crippen molar-refractivity contribution in [2.75, 3.05) is 5.32 Å². The van der Waals surface area contributed by atoms with Gasteiger partial charge in [-0.15, -0.1) is 0 Å². The quantitative estimate of drug-likeness (QED) is 0.685. The van der Waals surface area contributed by atoms with E-state index in [1.165, 1.54) is 6.92 Å². The molecule has 0 aromatic carbocycles. The molecule has 1 rings (SSSR count). The van der Waals surface area contributed by atoms with Crippen molar-refractivity contribution < 1.29 is 9.59 Å². The van der Waals surface area contributed by atoms with Crippen LogP contribution in [0.1, 0.15) is 12.6 Å². The summed E-state index contributed by atoms with van der Waals surface area (Å²) in [6, 6.07) is 3.33. The van der Waals surface area contributed by atoms with Crippen LogP contribution in [-0.2, 0) is 9.59 Å². The lowest BCUT2D eigenvalue weighted by molar-refractivity contribution is -0.133. The topological polar surface area (TPSA) is 59.1 Å². The van der Waals surface area contributed by atoms with Gasteiger partial charge in [-0.25, -0.2) is 0 Å². The zero-order valence-corrected chi connectivity index (χ0v) is 7.50. The molecule has 0 saturated heterocycles. The van der Waals surface area contributed by atoms with Crippen molar-refractivity contribution in [1.82, 2.24) is 4.98 Å². The summed E-state index contributed by atoms with van der Waals surface area (Å²) in [6.45, 7) is 3.03. The van der Waals surface area contributed by atoms with Crippen molar-refractivity contribution in [3.8, 4) is 0 Å². The van der Waals surface area contributed by atoms with Gasteiger partial charge in [-0.2, -0.15) is 0 Å². The number of rotatable bonds is 2. The number of nitrogens with one attached hydrogen (secondary N) is 1. The molecule has 0 aliphatic carbocycles. The maximum atomic E-state index is 10.9. The SMILES string of the molecule is CC(=O)C(=O)Nc1ccnc(C)c1. The fourth-order valence-corrected chi connectivity index (χ4v) is 0.842. The zero-order valence-electron chi connectivity index (χ0n) is 7.50. The molecule has 1 N–H and O–H groups in total. The highest BCUT2D eigenvalue weighted by Gasteiger charge is 2.06. The standard InChI is InChI=1S/C9H10N2O2/c1-6-5-8(3-4-10-6)11-9(13)7(2)12/h3-5H,1-2H3,(H,10,11,13). The first-order valence-corrected chi connectivity index (χ1v) is 3.84. The Labute approximate surface area is 76.0 Å². The molecular formula is C9H10N2O2. The summed E-state index contributed by atoms with van der Waals surface area (Å²) in [6.07, 6.45) is 1.57. The second-order valence-electron chi connectivity index (χ2n) is 2.70. The van der Waals surface area contributed by atoms with Crippen molar-refractivity contribution >= 4 is 17.4 Å². The molecule has 1 amide bonds. The lowest BCUT2D eigenvalue weighted by Crippen LogP contribution is -2.19. The maximum absolute atomic E-state index is 10.9. The molecule has 0 spiro atoms. The molecule has 13 heavy (non-hydrogen) atoms. The Balaban J connectivity index is 2.75. The van der Waals surface area contributed by atoms with Gasteiger partial charge in [-0.3, -0.25) is 14.6 Å². The Kier molecular flexibility index (Phi) is 2.74. The van der Waals surface area contributed by atoms with Crippen LogP contribution < -0.4 is 5.32 Å². The van der Waals surface area contributed by atoms with Crippen molar-refractivity contribution in [2.45, 2.75) is 13.8 Å². The molecule has 0 fully saturated rings. The van der Waals surface area contributed by atoms with Gasteiger partial charge >= 0.3 is 0 Å². The molecule has 0 atom stereocenters. The second kappa shape index (κ2) is 3.80. The second-order valence-corrected chi connectivity index (χ2v) is 2.70. The zero-order chi connectivity index (χ0) is 9.84. The number of ketones is 1. The van der Waals surface area contributed by atoms with Crippen LogP contribution in [0.25, 0.3) is 0 Å². The fourth-order valence-electron chi connectivity index (χ4n) is 0.842. The van der Waals surface area contributed by atoms with E-state index < -0.39 is 11.7 Å². The molecule has 0 aliphatic heterocycles. The first-order valence-electron chi connectivity index (χ1n) is 3.84. The molecule has 1 aromatic rings. The maximum Gasteiger partial charge on any atom is 0.291 e. The molecule has 0 unspecified atom stereocenters. The van der Waals surface area contributed by atoms with Crippen LogP contribution in [0.5, 0.6) is 0 Å². The van der Waals surface area contributed by atoms with E-state index in [0.29, 0.717) is 5.69 Å². The molecule has 4 heteroatoms. The largest absolute Gasteiger partial charge is 0.319 e. The van der Waals surface area contributed by atoms with E-state index in [1.54, 1.807) is 18.3 Å². The van der Waals surface area contributed by atoms with Gasteiger partial charge in [0.15, 0.2) is 0 Å². The number of anilines is 1. The molecule has 68 valence electrons. The van der Waals surface area contributed by atoms with E-state index in [2.05, 4.69) is 10.3 Å². The Morgan fingerprint density at radius 2 is 2.15 bits per heavy atom. The van der Waals surface area contributed by atoms with Gasteiger partial charge in [-0.1, -0.05) is 0 Å². The van der Waals surface area contributed by atoms with Crippen molar-refractivity contribution in [3.05, 3.63) is 24.0 Å². The molecule has 1 heterocycles. The van der Waals surface area contributed by atoms with Gasteiger partial charge in [0.2, 0.25) is 5.78 Å². The van der Waals surface area contributed by atoms with Crippen molar-refractivity contribution in [1.29, 1.82) is 0 Å². The van der Waals surface area contributed by atoms with Crippen LogP contribution in [0.4, 0.5) is 5.69 Å². The molecule has 1 aromatic heterocycles. The van der Waals surface area contributed by atoms with Crippen LogP contribution in [0, 0.1) is 6.92 Å². The van der Waals surface area contributed by atoms with Gasteiger partial charge in [-0.05, 0) is 19.1 Å². The number of Topliss-reactive ketones (excluding diaryl/α,β-unsaturated/α-hetero) is 1. The van der Waals surface area contributed by atoms with Crippen molar-refractivity contribution in [3.63, 3.8) is 0 Å². The molecule has 0 aliphatic rings. The number of hydrogen-bond acceptors (Lipinski definition) is 3. The summed E-state index contributed by atoms with van der Waals surface area (Å²) in [5.74, 6) is -1.11. The summed E-state index contributed by atoms with van der Waals surface area (Å²) in [5, 5.41) is 2.45. The summed E-state index contributed by atoms with van der Waals surface area (Å²) in [4.78, 5) is 25.5. The van der Waals surface area contributed by atoms with Gasteiger partial charge in [0, 0.05) is 24.5 Å². The van der Waals surface area contributed by atoms with Gasteiger partial charge in [0.05, 0.1) is 0 Å². The minimum absolute atomic E-state index is 0.505. The number of aromatic nitrogens is 1. The third-order valence-electron chi connectivity index (χ3n) is 1.47. The van der Waals surface area contributed by atoms with E-state index in [9.17, 15) is 9.59 Å². The highest BCUT2D eigenvalue weighted by molar-refractivity contribution is 6.39. The lowest BCUT2D eigenvalue weighted by Gasteiger charge is -2.01. The third-order valence-corrected chi connectivity index (χ3v) is 1.47. The van der Waals surface area contributed by atoms with E-state index in [1.807, 2.05) is 6.92 Å².